The number of nitrogens with two attached hydrogens (primary N) is 1. The number of pyridine rings is 2. The molecule has 1 amide bonds. The number of aromatic nitrogens is 4. The molecule has 170 valence electrons. The largest absolute Gasteiger partial charge is 0.355 e. The highest BCUT2D eigenvalue weighted by molar-refractivity contribution is 6.23. The van der Waals surface area contributed by atoms with E-state index >= 15 is 0 Å². The van der Waals surface area contributed by atoms with Crippen LogP contribution in [0.3, 0.4) is 0 Å². The number of Topliss-reactive ketones (excluding diaryl/α,β-unsaturated/α-hetero) is 1. The van der Waals surface area contributed by atoms with Crippen LogP contribution in [-0.2, 0) is 4.79 Å². The molecule has 2 aliphatic rings. The molecule has 1 atom stereocenters. The quantitative estimate of drug-likeness (QED) is 0.436. The van der Waals surface area contributed by atoms with Crippen molar-refractivity contribution in [1.82, 2.24) is 19.9 Å². The molecule has 5 rings (SSSR count). The van der Waals surface area contributed by atoms with E-state index in [0.29, 0.717) is 29.3 Å². The van der Waals surface area contributed by atoms with Crippen LogP contribution in [0.1, 0.15) is 37.0 Å². The number of ketones is 1. The summed E-state index contributed by atoms with van der Waals surface area (Å²) in [7, 11) is 0. The maximum atomic E-state index is 12.7. The summed E-state index contributed by atoms with van der Waals surface area (Å²) < 4.78 is 0. The molecule has 0 spiro atoms. The molecular formula is C22H24N8O3. The Kier molecular flexibility index (Phi) is 4.85. The molecule has 1 fully saturated rings. The molecule has 0 bridgehead atoms. The van der Waals surface area contributed by atoms with Gasteiger partial charge in [-0.3, -0.25) is 14.4 Å². The first-order chi connectivity index (χ1) is 15.7. The zero-order chi connectivity index (χ0) is 23.3. The van der Waals surface area contributed by atoms with Crippen LogP contribution in [0, 0.1) is 5.41 Å². The predicted molar refractivity (Wildman–Crippen MR) is 124 cm³/mol. The Morgan fingerprint density at radius 2 is 2.03 bits per heavy atom. The molecule has 5 heterocycles. The van der Waals surface area contributed by atoms with Crippen LogP contribution in [0.4, 0.5) is 23.3 Å². The number of H-pyrrole nitrogens is 1. The van der Waals surface area contributed by atoms with Crippen molar-refractivity contribution >= 4 is 45.9 Å². The minimum Gasteiger partial charge on any atom is -0.355 e. The summed E-state index contributed by atoms with van der Waals surface area (Å²) in [5.74, 6) is 0.707. The standard InChI is InChI=1S/C22H24N8O3/c1-22(2)17(31)12-5-6-14(26-18(12)29-21(22)33)27-19-16-13(24-10-25-20(16)32)8-15(28-19)30-7-3-4-11(23)9-30/h5-6,8,10-11H,3-4,7,9,23H2,1-2H3,(H,24,25,32)(H2,26,27,28,29,33)/t11-/m1/s1. The molecule has 0 radical (unpaired) electrons. The second-order valence-electron chi connectivity index (χ2n) is 8.93. The highest BCUT2D eigenvalue weighted by Gasteiger charge is 2.42. The lowest BCUT2D eigenvalue weighted by atomic mass is 9.81. The van der Waals surface area contributed by atoms with E-state index < -0.39 is 11.3 Å². The summed E-state index contributed by atoms with van der Waals surface area (Å²) in [5, 5.41) is 6.05. The lowest BCUT2D eigenvalue weighted by Gasteiger charge is -2.32. The van der Waals surface area contributed by atoms with Gasteiger partial charge in [0.05, 0.1) is 17.4 Å². The van der Waals surface area contributed by atoms with E-state index in [1.165, 1.54) is 6.33 Å². The van der Waals surface area contributed by atoms with Crippen molar-refractivity contribution in [1.29, 1.82) is 0 Å². The number of amides is 1. The first kappa shape index (κ1) is 21.0. The number of piperidine rings is 1. The van der Waals surface area contributed by atoms with Crippen LogP contribution >= 0.6 is 0 Å². The van der Waals surface area contributed by atoms with Crippen LogP contribution in [0.2, 0.25) is 0 Å². The van der Waals surface area contributed by atoms with Crippen LogP contribution in [-0.4, -0.2) is 50.8 Å². The molecule has 0 unspecified atom stereocenters. The summed E-state index contributed by atoms with van der Waals surface area (Å²) in [6.07, 6.45) is 3.25. The van der Waals surface area contributed by atoms with Crippen molar-refractivity contribution in [2.45, 2.75) is 32.7 Å². The van der Waals surface area contributed by atoms with Gasteiger partial charge in [-0.2, -0.15) is 0 Å². The average Bonchev–Trinajstić information content (AvgIpc) is 2.78. The Bertz CT molecular complexity index is 1350. The van der Waals surface area contributed by atoms with Gasteiger partial charge >= 0.3 is 0 Å². The third-order valence-electron chi connectivity index (χ3n) is 6.15. The van der Waals surface area contributed by atoms with Gasteiger partial charge in [-0.05, 0) is 38.8 Å². The number of aromatic amines is 1. The van der Waals surface area contributed by atoms with Crippen LogP contribution in [0.5, 0.6) is 0 Å². The lowest BCUT2D eigenvalue weighted by molar-refractivity contribution is -0.122. The molecule has 0 aromatic carbocycles. The number of fused-ring (bicyclic) bond motifs is 2. The number of hydrogen-bond donors (Lipinski definition) is 4. The zero-order valence-electron chi connectivity index (χ0n) is 18.3. The summed E-state index contributed by atoms with van der Waals surface area (Å²) in [4.78, 5) is 55.7. The number of nitrogens with zero attached hydrogens (tertiary/aromatic N) is 4. The van der Waals surface area contributed by atoms with Gasteiger partial charge in [0.1, 0.15) is 34.1 Å². The van der Waals surface area contributed by atoms with Gasteiger partial charge < -0.3 is 26.3 Å². The van der Waals surface area contributed by atoms with E-state index in [1.54, 1.807) is 32.0 Å². The number of carbonyl (C=O) groups excluding carboxylic acids is 2. The number of rotatable bonds is 3. The van der Waals surface area contributed by atoms with E-state index in [9.17, 15) is 14.4 Å². The van der Waals surface area contributed by atoms with E-state index in [1.807, 2.05) is 0 Å². The monoisotopic (exact) mass is 448 g/mol. The average molecular weight is 448 g/mol. The topological polar surface area (TPSA) is 159 Å². The first-order valence-electron chi connectivity index (χ1n) is 10.8. The Morgan fingerprint density at radius 3 is 2.82 bits per heavy atom. The van der Waals surface area contributed by atoms with Crippen molar-refractivity contribution in [3.05, 3.63) is 40.4 Å². The maximum absolute atomic E-state index is 12.7. The van der Waals surface area contributed by atoms with Crippen LogP contribution in [0.15, 0.2) is 29.3 Å². The molecule has 2 aliphatic heterocycles. The van der Waals surface area contributed by atoms with Crippen molar-refractivity contribution < 1.29 is 9.59 Å². The van der Waals surface area contributed by atoms with E-state index in [-0.39, 0.29) is 34.4 Å². The molecule has 33 heavy (non-hydrogen) atoms. The normalized spacial score (nSPS) is 19.8. The van der Waals surface area contributed by atoms with Gasteiger partial charge in [-0.25, -0.2) is 15.0 Å². The van der Waals surface area contributed by atoms with Gasteiger partial charge in [0.2, 0.25) is 5.91 Å². The fourth-order valence-corrected chi connectivity index (χ4v) is 4.18. The molecule has 1 saturated heterocycles. The second kappa shape index (κ2) is 7.62. The van der Waals surface area contributed by atoms with Crippen molar-refractivity contribution in [2.24, 2.45) is 11.1 Å². The molecule has 11 heteroatoms. The minimum atomic E-state index is -1.16. The van der Waals surface area contributed by atoms with Crippen molar-refractivity contribution in [3.63, 3.8) is 0 Å². The third-order valence-corrected chi connectivity index (χ3v) is 6.15. The van der Waals surface area contributed by atoms with Gasteiger partial charge in [0, 0.05) is 25.2 Å². The lowest BCUT2D eigenvalue weighted by Crippen LogP contribution is -2.43. The third kappa shape index (κ3) is 3.59. The van der Waals surface area contributed by atoms with Crippen molar-refractivity contribution in [3.8, 4) is 0 Å². The maximum Gasteiger partial charge on any atom is 0.262 e. The predicted octanol–water partition coefficient (Wildman–Crippen LogP) is 1.55. The summed E-state index contributed by atoms with van der Waals surface area (Å²) in [6.45, 7) is 4.61. The highest BCUT2D eigenvalue weighted by atomic mass is 16.2. The van der Waals surface area contributed by atoms with Gasteiger partial charge in [0.15, 0.2) is 5.78 Å². The fourth-order valence-electron chi connectivity index (χ4n) is 4.18. The Morgan fingerprint density at radius 1 is 1.21 bits per heavy atom. The van der Waals surface area contributed by atoms with Gasteiger partial charge in [-0.1, -0.05) is 0 Å². The Hall–Kier alpha value is -3.86. The molecule has 3 aromatic rings. The van der Waals surface area contributed by atoms with E-state index in [4.69, 9.17) is 5.73 Å². The number of anilines is 4. The SMILES string of the molecule is CC1(C)C(=O)Nc2nc(Nc3nc(N4CCC[C@@H](N)C4)cc4nc[nH]c(=O)c34)ccc2C1=O. The number of hydrogen-bond acceptors (Lipinski definition) is 9. The van der Waals surface area contributed by atoms with E-state index in [0.717, 1.165) is 19.4 Å². The van der Waals surface area contributed by atoms with Gasteiger partial charge in [-0.15, -0.1) is 0 Å². The van der Waals surface area contributed by atoms with Crippen molar-refractivity contribution in [2.75, 3.05) is 28.6 Å². The fraction of sp³-hybridized carbons (Fsp3) is 0.364. The molecule has 0 saturated carbocycles. The number of carbonyl (C=O) groups is 2. The summed E-state index contributed by atoms with van der Waals surface area (Å²) in [6, 6.07) is 5.04. The molecule has 11 nitrogen and oxygen atoms in total. The Labute approximate surface area is 188 Å². The molecular weight excluding hydrogens is 424 g/mol. The highest BCUT2D eigenvalue weighted by Crippen LogP contribution is 2.34. The zero-order valence-corrected chi connectivity index (χ0v) is 18.3. The second-order valence-corrected chi connectivity index (χ2v) is 8.93. The summed E-state index contributed by atoms with van der Waals surface area (Å²) >= 11 is 0. The number of nitrogens with one attached hydrogen (secondary N) is 3. The first-order valence-corrected chi connectivity index (χ1v) is 10.8. The molecule has 5 N–H and O–H groups in total. The smallest absolute Gasteiger partial charge is 0.262 e. The minimum absolute atomic E-state index is 0.0486. The molecule has 3 aromatic heterocycles. The molecule has 0 aliphatic carbocycles. The Balaban J connectivity index is 1.56. The van der Waals surface area contributed by atoms with E-state index in [2.05, 4.69) is 35.5 Å². The van der Waals surface area contributed by atoms with Crippen LogP contribution in [0.25, 0.3) is 10.9 Å². The summed E-state index contributed by atoms with van der Waals surface area (Å²) in [5.41, 5.74) is 5.44. The van der Waals surface area contributed by atoms with Gasteiger partial charge in [0.25, 0.3) is 5.56 Å². The van der Waals surface area contributed by atoms with Crippen LogP contribution < -0.4 is 26.8 Å².